The summed E-state index contributed by atoms with van der Waals surface area (Å²) in [5.74, 6) is 0. The Bertz CT molecular complexity index is 337. The summed E-state index contributed by atoms with van der Waals surface area (Å²) in [6.45, 7) is 0. The van der Waals surface area contributed by atoms with Crippen LogP contribution in [0.4, 0.5) is 0 Å². The first kappa shape index (κ1) is 19.8. The SMILES string of the molecule is O=[PH]([O-])O[PH](=O)[O-].OC(Cl)c1ccccc1.[Zn+2]. The molecule has 0 spiro atoms. The second-order valence-electron chi connectivity index (χ2n) is 2.35. The number of aliphatic hydroxyl groups is 1. The van der Waals surface area contributed by atoms with Crippen molar-refractivity contribution >= 4 is 28.1 Å². The van der Waals surface area contributed by atoms with Gasteiger partial charge >= 0.3 is 19.5 Å². The minimum Gasteiger partial charge on any atom is -0.781 e. The van der Waals surface area contributed by atoms with Crippen LogP contribution >= 0.6 is 28.1 Å². The molecular weight excluding hydrogens is 343 g/mol. The monoisotopic (exact) mass is 350 g/mol. The van der Waals surface area contributed by atoms with Gasteiger partial charge in [0.05, 0.1) is 0 Å². The van der Waals surface area contributed by atoms with Gasteiger partial charge in [-0.3, -0.25) is 4.31 Å². The van der Waals surface area contributed by atoms with Crippen LogP contribution in [-0.2, 0) is 32.9 Å². The molecule has 0 aliphatic heterocycles. The van der Waals surface area contributed by atoms with E-state index in [-0.39, 0.29) is 19.5 Å². The van der Waals surface area contributed by atoms with Crippen molar-refractivity contribution in [3.8, 4) is 0 Å². The molecule has 1 N–H and O–H groups in total. The molecule has 0 heterocycles. The van der Waals surface area contributed by atoms with Crippen LogP contribution in [0.2, 0.25) is 0 Å². The van der Waals surface area contributed by atoms with Crippen molar-refractivity contribution in [1.82, 2.24) is 0 Å². The quantitative estimate of drug-likeness (QED) is 0.480. The maximum Gasteiger partial charge on any atom is 2.00 e. The average Bonchev–Trinajstić information content (AvgIpc) is 2.17. The molecule has 1 aromatic carbocycles. The first-order chi connectivity index (χ1) is 7.43. The summed E-state index contributed by atoms with van der Waals surface area (Å²) < 4.78 is 21.8. The number of rotatable bonds is 3. The third-order valence-corrected chi connectivity index (χ3v) is 2.83. The first-order valence-corrected chi connectivity index (χ1v) is 6.79. The predicted octanol–water partition coefficient (Wildman–Crippen LogP) is 0.417. The Labute approximate surface area is 117 Å². The standard InChI is InChI=1S/C7H7ClO.H4O5P2.Zn/c8-7(9)6-4-2-1-3-5-6;1-6(2)5-7(3)4;/h1-5,7,9H;6-7H,(H,1,2)(H,3,4);/q;;+2/p-2. The van der Waals surface area contributed by atoms with Crippen LogP contribution in [0.5, 0.6) is 0 Å². The van der Waals surface area contributed by atoms with Gasteiger partial charge < -0.3 is 24.0 Å². The molecule has 0 radical (unpaired) electrons. The summed E-state index contributed by atoms with van der Waals surface area (Å²) in [5.41, 5.74) is -0.134. The predicted molar refractivity (Wildman–Crippen MR) is 56.3 cm³/mol. The molecule has 0 aliphatic rings. The van der Waals surface area contributed by atoms with Gasteiger partial charge in [0, 0.05) is 0 Å². The van der Waals surface area contributed by atoms with Crippen LogP contribution in [0.3, 0.4) is 0 Å². The van der Waals surface area contributed by atoms with E-state index in [9.17, 15) is 18.9 Å². The van der Waals surface area contributed by atoms with Crippen molar-refractivity contribution in [2.24, 2.45) is 0 Å². The molecule has 92 valence electrons. The van der Waals surface area contributed by atoms with Crippen LogP contribution in [-0.4, -0.2) is 5.11 Å². The summed E-state index contributed by atoms with van der Waals surface area (Å²) >= 11 is 5.36. The first-order valence-electron chi connectivity index (χ1n) is 3.90. The molecule has 0 aromatic heterocycles. The molecule has 6 nitrogen and oxygen atoms in total. The molecule has 1 aromatic rings. The number of alkyl halides is 1. The zero-order valence-electron chi connectivity index (χ0n) is 8.54. The van der Waals surface area contributed by atoms with Gasteiger partial charge in [0.15, 0.2) is 5.56 Å². The molecule has 3 unspecified atom stereocenters. The third-order valence-electron chi connectivity index (χ3n) is 1.24. The zero-order valence-corrected chi connectivity index (χ0v) is 14.3. The van der Waals surface area contributed by atoms with Gasteiger partial charge in [0.1, 0.15) is 16.5 Å². The maximum absolute atomic E-state index is 9.29. The molecule has 0 saturated carbocycles. The Morgan fingerprint density at radius 3 is 1.76 bits per heavy atom. The molecule has 0 aliphatic carbocycles. The summed E-state index contributed by atoms with van der Waals surface area (Å²) in [6, 6.07) is 9.10. The van der Waals surface area contributed by atoms with Gasteiger partial charge in [-0.1, -0.05) is 41.9 Å². The third kappa shape index (κ3) is 12.7. The van der Waals surface area contributed by atoms with Crippen LogP contribution in [0.1, 0.15) is 11.1 Å². The van der Waals surface area contributed by atoms with Crippen LogP contribution in [0.15, 0.2) is 30.3 Å². The largest absolute Gasteiger partial charge is 2.00 e. The Kier molecular flexibility index (Phi) is 13.4. The average molecular weight is 352 g/mol. The van der Waals surface area contributed by atoms with Crippen LogP contribution in [0, 0.1) is 0 Å². The number of halogens is 1. The van der Waals surface area contributed by atoms with E-state index in [1.165, 1.54) is 0 Å². The van der Waals surface area contributed by atoms with E-state index in [1.54, 1.807) is 12.1 Å². The minimum absolute atomic E-state index is 0. The summed E-state index contributed by atoms with van der Waals surface area (Å²) in [7, 11) is -7.03. The Hall–Kier alpha value is 0.433. The zero-order chi connectivity index (χ0) is 12.6. The second-order valence-corrected chi connectivity index (χ2v) is 4.58. The second kappa shape index (κ2) is 11.5. The number of aliphatic hydroxyl groups excluding tert-OH is 1. The number of hydrogen-bond donors (Lipinski definition) is 1. The van der Waals surface area contributed by atoms with E-state index in [0.29, 0.717) is 0 Å². The van der Waals surface area contributed by atoms with E-state index in [2.05, 4.69) is 4.31 Å². The van der Waals surface area contributed by atoms with E-state index in [1.807, 2.05) is 18.2 Å². The molecule has 0 amide bonds. The summed E-state index contributed by atoms with van der Waals surface area (Å²) in [6.07, 6.45) is 0. The van der Waals surface area contributed by atoms with Gasteiger partial charge in [-0.15, -0.1) is 0 Å². The van der Waals surface area contributed by atoms with Crippen molar-refractivity contribution in [1.29, 1.82) is 0 Å². The summed E-state index contributed by atoms with van der Waals surface area (Å²) in [5, 5.41) is 8.79. The maximum atomic E-state index is 9.29. The Balaban J connectivity index is 0. The number of benzene rings is 1. The van der Waals surface area contributed by atoms with Gasteiger partial charge in [0.25, 0.3) is 0 Å². The van der Waals surface area contributed by atoms with Crippen molar-refractivity contribution in [3.63, 3.8) is 0 Å². The van der Waals surface area contributed by atoms with E-state index >= 15 is 0 Å². The number of hydrogen-bond acceptors (Lipinski definition) is 6. The van der Waals surface area contributed by atoms with Gasteiger partial charge in [-0.05, 0) is 5.56 Å². The van der Waals surface area contributed by atoms with Crippen molar-refractivity contribution in [2.45, 2.75) is 5.56 Å². The van der Waals surface area contributed by atoms with E-state index < -0.39 is 22.1 Å². The van der Waals surface area contributed by atoms with E-state index in [0.717, 1.165) is 5.56 Å². The van der Waals surface area contributed by atoms with E-state index in [4.69, 9.17) is 16.7 Å². The smallest absolute Gasteiger partial charge is 0.781 e. The molecule has 0 saturated heterocycles. The molecule has 3 atom stereocenters. The molecule has 10 heteroatoms. The fourth-order valence-electron chi connectivity index (χ4n) is 0.680. The fourth-order valence-corrected chi connectivity index (χ4v) is 1.37. The Morgan fingerprint density at radius 1 is 1.18 bits per heavy atom. The molecule has 1 rings (SSSR count). The van der Waals surface area contributed by atoms with Gasteiger partial charge in [-0.2, -0.15) is 0 Å². The molecular formula is C7H9ClO6P2Zn. The van der Waals surface area contributed by atoms with Crippen molar-refractivity contribution < 1.29 is 47.8 Å². The summed E-state index contributed by atoms with van der Waals surface area (Å²) in [4.78, 5) is 18.6. The molecule has 0 fully saturated rings. The topological polar surface area (TPSA) is 110 Å². The molecule has 0 bridgehead atoms. The Morgan fingerprint density at radius 2 is 1.59 bits per heavy atom. The van der Waals surface area contributed by atoms with Crippen LogP contribution < -0.4 is 9.79 Å². The fraction of sp³-hybridized carbons (Fsp3) is 0.143. The van der Waals surface area contributed by atoms with Crippen molar-refractivity contribution in [2.75, 3.05) is 0 Å². The molecule has 17 heavy (non-hydrogen) atoms. The van der Waals surface area contributed by atoms with Gasteiger partial charge in [-0.25, -0.2) is 0 Å². The minimum atomic E-state index is -3.51. The normalized spacial score (nSPS) is 14.6. The van der Waals surface area contributed by atoms with Crippen molar-refractivity contribution in [3.05, 3.63) is 35.9 Å². The van der Waals surface area contributed by atoms with Gasteiger partial charge in [0.2, 0.25) is 0 Å². The van der Waals surface area contributed by atoms with Crippen LogP contribution in [0.25, 0.3) is 0 Å².